The molecule has 6 heteroatoms. The van der Waals surface area contributed by atoms with Gasteiger partial charge in [-0.05, 0) is 37.5 Å². The average Bonchev–Trinajstić information content (AvgIpc) is 2.45. The van der Waals surface area contributed by atoms with Gasteiger partial charge >= 0.3 is 0 Å². The number of rotatable bonds is 4. The van der Waals surface area contributed by atoms with Gasteiger partial charge in [0.25, 0.3) is 0 Å². The van der Waals surface area contributed by atoms with E-state index >= 15 is 0 Å². The summed E-state index contributed by atoms with van der Waals surface area (Å²) in [4.78, 5) is 12.6. The van der Waals surface area contributed by atoms with Crippen molar-refractivity contribution in [1.82, 2.24) is 0 Å². The highest BCUT2D eigenvalue weighted by atomic mass is 32.2. The lowest BCUT2D eigenvalue weighted by atomic mass is 9.99. The molecule has 0 saturated carbocycles. The summed E-state index contributed by atoms with van der Waals surface area (Å²) in [5.74, 6) is 0.710. The van der Waals surface area contributed by atoms with E-state index in [4.69, 9.17) is 9.47 Å². The first-order valence-corrected chi connectivity index (χ1v) is 8.60. The fourth-order valence-corrected chi connectivity index (χ4v) is 4.54. The van der Waals surface area contributed by atoms with Crippen LogP contribution >= 0.6 is 0 Å². The summed E-state index contributed by atoms with van der Waals surface area (Å²) in [6.07, 6.45) is 1.80. The van der Waals surface area contributed by atoms with E-state index in [9.17, 15) is 13.2 Å². The molecule has 5 nitrogen and oxygen atoms in total. The number of sulfone groups is 1. The highest BCUT2D eigenvalue weighted by Gasteiger charge is 2.36. The molecule has 116 valence electrons. The molecule has 0 N–H and O–H groups in total. The Morgan fingerprint density at radius 3 is 2.33 bits per heavy atom. The van der Waals surface area contributed by atoms with Crippen molar-refractivity contribution in [3.05, 3.63) is 23.3 Å². The Morgan fingerprint density at radius 2 is 1.76 bits per heavy atom. The number of hydrogen-bond acceptors (Lipinski definition) is 5. The van der Waals surface area contributed by atoms with Crippen LogP contribution in [0.5, 0.6) is 11.5 Å². The molecular formula is C15H20O5S. The minimum Gasteiger partial charge on any atom is -0.493 e. The molecule has 1 heterocycles. The zero-order chi connectivity index (χ0) is 15.6. The van der Waals surface area contributed by atoms with Crippen molar-refractivity contribution in [3.63, 3.8) is 0 Å². The molecule has 0 bridgehead atoms. The van der Waals surface area contributed by atoms with Crippen molar-refractivity contribution in [2.24, 2.45) is 0 Å². The molecule has 1 aromatic rings. The third-order valence-corrected chi connectivity index (χ3v) is 6.04. The second kappa shape index (κ2) is 6.05. The van der Waals surface area contributed by atoms with Crippen LogP contribution in [0, 0.1) is 6.92 Å². The summed E-state index contributed by atoms with van der Waals surface area (Å²) >= 11 is 0. The van der Waals surface area contributed by atoms with Crippen molar-refractivity contribution < 1.29 is 22.7 Å². The summed E-state index contributed by atoms with van der Waals surface area (Å²) in [5, 5.41) is -0.928. The molecule has 0 spiro atoms. The van der Waals surface area contributed by atoms with Crippen molar-refractivity contribution in [2.75, 3.05) is 20.0 Å². The van der Waals surface area contributed by atoms with E-state index in [1.54, 1.807) is 19.1 Å². The monoisotopic (exact) mass is 312 g/mol. The van der Waals surface area contributed by atoms with Gasteiger partial charge in [-0.1, -0.05) is 6.42 Å². The maximum absolute atomic E-state index is 12.6. The average molecular weight is 312 g/mol. The smallest absolute Gasteiger partial charge is 0.181 e. The van der Waals surface area contributed by atoms with Gasteiger partial charge in [0.15, 0.2) is 27.1 Å². The van der Waals surface area contributed by atoms with Crippen molar-refractivity contribution >= 4 is 15.6 Å². The van der Waals surface area contributed by atoms with Crippen molar-refractivity contribution in [3.8, 4) is 11.5 Å². The molecule has 0 amide bonds. The first kappa shape index (κ1) is 15.8. The summed E-state index contributed by atoms with van der Waals surface area (Å²) in [6, 6.07) is 3.27. The molecule has 1 atom stereocenters. The topological polar surface area (TPSA) is 69.7 Å². The zero-order valence-corrected chi connectivity index (χ0v) is 13.3. The van der Waals surface area contributed by atoms with Crippen LogP contribution in [0.25, 0.3) is 0 Å². The fourth-order valence-electron chi connectivity index (χ4n) is 2.67. The Labute approximate surface area is 125 Å². The summed E-state index contributed by atoms with van der Waals surface area (Å²) < 4.78 is 34.6. The Kier molecular flexibility index (Phi) is 4.56. The molecule has 1 aromatic carbocycles. The Balaban J connectivity index is 2.43. The number of benzene rings is 1. The third-order valence-electron chi connectivity index (χ3n) is 3.87. The Morgan fingerprint density at radius 1 is 1.14 bits per heavy atom. The molecule has 0 aliphatic carbocycles. The molecule has 1 unspecified atom stereocenters. The number of aryl methyl sites for hydroxylation is 1. The normalized spacial score (nSPS) is 20.8. The standard InChI is InChI=1S/C15H20O5S/c1-10-8-12(19-2)13(20-3)9-11(10)15(16)14-6-4-5-7-21(14,17)18/h8-9,14H,4-7H2,1-3H3. The number of ether oxygens (including phenoxy) is 2. The number of carbonyl (C=O) groups is 1. The fraction of sp³-hybridized carbons (Fsp3) is 0.533. The molecule has 2 rings (SSSR count). The van der Waals surface area contributed by atoms with Crippen LogP contribution in [0.1, 0.15) is 35.2 Å². The molecule has 1 saturated heterocycles. The SMILES string of the molecule is COc1cc(C)c(C(=O)C2CCCCS2(=O)=O)cc1OC. The molecule has 0 radical (unpaired) electrons. The second-order valence-electron chi connectivity index (χ2n) is 5.24. The number of ketones is 1. The molecule has 1 aliphatic heterocycles. The first-order chi connectivity index (χ1) is 9.90. The summed E-state index contributed by atoms with van der Waals surface area (Å²) in [6.45, 7) is 1.77. The van der Waals surface area contributed by atoms with E-state index in [1.165, 1.54) is 14.2 Å². The molecule has 21 heavy (non-hydrogen) atoms. The lowest BCUT2D eigenvalue weighted by Gasteiger charge is -2.22. The van der Waals surface area contributed by atoms with E-state index in [-0.39, 0.29) is 11.5 Å². The molecular weight excluding hydrogens is 292 g/mol. The zero-order valence-electron chi connectivity index (χ0n) is 12.5. The largest absolute Gasteiger partial charge is 0.493 e. The van der Waals surface area contributed by atoms with Gasteiger partial charge in [-0.3, -0.25) is 4.79 Å². The highest BCUT2D eigenvalue weighted by molar-refractivity contribution is 7.92. The van der Waals surface area contributed by atoms with Crippen molar-refractivity contribution in [1.29, 1.82) is 0 Å². The van der Waals surface area contributed by atoms with Crippen molar-refractivity contribution in [2.45, 2.75) is 31.4 Å². The van der Waals surface area contributed by atoms with Gasteiger partial charge in [0.2, 0.25) is 0 Å². The minimum absolute atomic E-state index is 0.0930. The van der Waals surface area contributed by atoms with Crippen LogP contribution in [-0.2, 0) is 9.84 Å². The Hall–Kier alpha value is -1.56. The molecule has 0 aromatic heterocycles. The quantitative estimate of drug-likeness (QED) is 0.797. The van der Waals surface area contributed by atoms with Crippen LogP contribution in [0.2, 0.25) is 0 Å². The maximum atomic E-state index is 12.6. The van der Waals surface area contributed by atoms with Crippen LogP contribution in [0.3, 0.4) is 0 Å². The minimum atomic E-state index is -3.34. The Bertz CT molecular complexity index is 648. The third kappa shape index (κ3) is 3.05. The van der Waals surface area contributed by atoms with Gasteiger partial charge in [-0.15, -0.1) is 0 Å². The molecule has 1 aliphatic rings. The van der Waals surface area contributed by atoms with Gasteiger partial charge in [0, 0.05) is 5.56 Å². The van der Waals surface area contributed by atoms with Crippen LogP contribution in [0.15, 0.2) is 12.1 Å². The number of Topliss-reactive ketones (excluding diaryl/α,β-unsaturated/α-hetero) is 1. The van der Waals surface area contributed by atoms with Crippen LogP contribution in [-0.4, -0.2) is 39.4 Å². The second-order valence-corrected chi connectivity index (χ2v) is 7.54. The van der Waals surface area contributed by atoms with E-state index in [0.29, 0.717) is 35.5 Å². The molecule has 1 fully saturated rings. The van der Waals surface area contributed by atoms with Gasteiger partial charge in [-0.2, -0.15) is 0 Å². The van der Waals surface area contributed by atoms with Crippen LogP contribution in [0.4, 0.5) is 0 Å². The van der Waals surface area contributed by atoms with E-state index < -0.39 is 15.1 Å². The summed E-state index contributed by atoms with van der Waals surface area (Å²) in [7, 11) is -0.341. The number of methoxy groups -OCH3 is 2. The predicted octanol–water partition coefficient (Wildman–Crippen LogP) is 2.16. The lowest BCUT2D eigenvalue weighted by molar-refractivity contribution is 0.0980. The van der Waals surface area contributed by atoms with Gasteiger partial charge in [-0.25, -0.2) is 8.42 Å². The van der Waals surface area contributed by atoms with Gasteiger partial charge in [0.1, 0.15) is 5.25 Å². The number of carbonyl (C=O) groups excluding carboxylic acids is 1. The lowest BCUT2D eigenvalue weighted by Crippen LogP contribution is -2.35. The predicted molar refractivity (Wildman–Crippen MR) is 80.0 cm³/mol. The van der Waals surface area contributed by atoms with E-state index in [1.807, 2.05) is 0 Å². The highest BCUT2D eigenvalue weighted by Crippen LogP contribution is 2.32. The van der Waals surface area contributed by atoms with E-state index in [0.717, 1.165) is 6.42 Å². The summed E-state index contributed by atoms with van der Waals surface area (Å²) in [5.41, 5.74) is 1.08. The van der Waals surface area contributed by atoms with Crippen LogP contribution < -0.4 is 9.47 Å². The maximum Gasteiger partial charge on any atom is 0.181 e. The van der Waals surface area contributed by atoms with Gasteiger partial charge < -0.3 is 9.47 Å². The van der Waals surface area contributed by atoms with Gasteiger partial charge in [0.05, 0.1) is 20.0 Å². The number of hydrogen-bond donors (Lipinski definition) is 0. The van der Waals surface area contributed by atoms with E-state index in [2.05, 4.69) is 0 Å². The first-order valence-electron chi connectivity index (χ1n) is 6.89.